The number of rotatable bonds is 14. The van der Waals surface area contributed by atoms with E-state index in [1.54, 1.807) is 48.5 Å². The Labute approximate surface area is 253 Å². The normalized spacial score (nSPS) is 10.6. The van der Waals surface area contributed by atoms with E-state index in [1.807, 2.05) is 0 Å². The Balaban J connectivity index is 1.47. The zero-order valence-corrected chi connectivity index (χ0v) is 24.5. The van der Waals surface area contributed by atoms with E-state index in [-0.39, 0.29) is 13.1 Å². The third-order valence-corrected chi connectivity index (χ3v) is 5.89. The monoisotopic (exact) mass is 604 g/mol. The van der Waals surface area contributed by atoms with Crippen molar-refractivity contribution in [2.24, 2.45) is 10.2 Å². The first-order valence-electron chi connectivity index (χ1n) is 13.0. The lowest BCUT2D eigenvalue weighted by molar-refractivity contribution is -0.120. The van der Waals surface area contributed by atoms with Gasteiger partial charge in [-0.3, -0.25) is 19.2 Å². The van der Waals surface area contributed by atoms with Gasteiger partial charge in [0.25, 0.3) is 23.6 Å². The molecule has 0 unspecified atom stereocenters. The second-order valence-electron chi connectivity index (χ2n) is 8.72. The van der Waals surface area contributed by atoms with Gasteiger partial charge in [0.2, 0.25) is 0 Å². The first kappa shape index (κ1) is 32.6. The second-order valence-corrected chi connectivity index (χ2v) is 8.72. The Morgan fingerprint density at radius 3 is 1.34 bits per heavy atom. The summed E-state index contributed by atoms with van der Waals surface area (Å²) in [4.78, 5) is 49.2. The van der Waals surface area contributed by atoms with E-state index in [9.17, 15) is 19.2 Å². The Morgan fingerprint density at radius 1 is 0.591 bits per heavy atom. The minimum atomic E-state index is -0.552. The molecule has 0 atom stereocenters. The summed E-state index contributed by atoms with van der Waals surface area (Å²) in [5.74, 6) is -0.349. The average molecular weight is 605 g/mol. The number of carbonyl (C=O) groups is 4. The molecule has 230 valence electrons. The molecule has 0 aliphatic rings. The minimum absolute atomic E-state index is 0.291. The third-order valence-electron chi connectivity index (χ3n) is 5.89. The van der Waals surface area contributed by atoms with Crippen LogP contribution in [0.3, 0.4) is 0 Å². The summed E-state index contributed by atoms with van der Waals surface area (Å²) in [6.45, 7) is -0.635. The van der Waals surface area contributed by atoms with E-state index in [0.717, 1.165) is 0 Å². The summed E-state index contributed by atoms with van der Waals surface area (Å²) in [6, 6.07) is 16.2. The van der Waals surface area contributed by atoms with Crippen LogP contribution in [0.2, 0.25) is 0 Å². The van der Waals surface area contributed by atoms with Gasteiger partial charge < -0.3 is 29.6 Å². The van der Waals surface area contributed by atoms with Crippen molar-refractivity contribution >= 4 is 36.1 Å². The molecule has 0 aliphatic heterocycles. The molecule has 0 spiro atoms. The number of nitrogens with zero attached hydrogens (tertiary/aromatic N) is 2. The molecule has 3 rings (SSSR count). The summed E-state index contributed by atoms with van der Waals surface area (Å²) in [7, 11) is 5.88. The maximum Gasteiger partial charge on any atom is 0.259 e. The smallest absolute Gasteiger partial charge is 0.259 e. The van der Waals surface area contributed by atoms with Crippen molar-refractivity contribution in [2.45, 2.75) is 0 Å². The van der Waals surface area contributed by atoms with Crippen LogP contribution < -0.4 is 40.4 Å². The highest BCUT2D eigenvalue weighted by Gasteiger charge is 2.13. The molecule has 14 nitrogen and oxygen atoms in total. The maximum absolute atomic E-state index is 12.4. The van der Waals surface area contributed by atoms with Gasteiger partial charge in [-0.25, -0.2) is 10.9 Å². The molecule has 0 aromatic heterocycles. The molecule has 0 bridgehead atoms. The molecule has 14 heteroatoms. The number of amides is 4. The number of nitrogens with one attached hydrogen (secondary N) is 4. The fourth-order valence-electron chi connectivity index (χ4n) is 3.65. The summed E-state index contributed by atoms with van der Waals surface area (Å²) >= 11 is 0. The van der Waals surface area contributed by atoms with Gasteiger partial charge in [0.1, 0.15) is 0 Å². The van der Waals surface area contributed by atoms with Gasteiger partial charge in [0.05, 0.1) is 54.0 Å². The van der Waals surface area contributed by atoms with Crippen molar-refractivity contribution in [3.8, 4) is 23.0 Å². The van der Waals surface area contributed by atoms with Gasteiger partial charge in [-0.05, 0) is 36.4 Å². The largest absolute Gasteiger partial charge is 0.493 e. The number of benzene rings is 3. The number of carbonyl (C=O) groups excluding carboxylic acids is 4. The molecule has 44 heavy (non-hydrogen) atoms. The Bertz CT molecular complexity index is 1440. The number of hydrazone groups is 2. The van der Waals surface area contributed by atoms with Gasteiger partial charge >= 0.3 is 0 Å². The standard InChI is InChI=1S/C30H32N6O8/c1-41-23-11-9-19(13-25(23)43-3)29(39)31-17-27(37)35-33-15-21-7-5-6-8-22(21)16-34-36-28(38)18-32-30(40)20-10-12-24(42-2)26(14-20)44-4/h5-16H,17-18H2,1-4H3,(H,31,39)(H,32,40)(H,35,37)(H,36,38)/b33-15-,34-16+. The number of hydrogen-bond acceptors (Lipinski definition) is 10. The molecule has 3 aromatic carbocycles. The highest BCUT2D eigenvalue weighted by atomic mass is 16.5. The summed E-state index contributed by atoms with van der Waals surface area (Å²) in [6.07, 6.45) is 2.78. The lowest BCUT2D eigenvalue weighted by Gasteiger charge is -2.09. The highest BCUT2D eigenvalue weighted by molar-refractivity contribution is 5.98. The van der Waals surface area contributed by atoms with Crippen LogP contribution in [0.5, 0.6) is 23.0 Å². The van der Waals surface area contributed by atoms with E-state index < -0.39 is 23.6 Å². The molecule has 4 N–H and O–H groups in total. The quantitative estimate of drug-likeness (QED) is 0.158. The number of hydrogen-bond donors (Lipinski definition) is 4. The lowest BCUT2D eigenvalue weighted by Crippen LogP contribution is -2.35. The molecule has 0 heterocycles. The molecule has 0 saturated carbocycles. The van der Waals surface area contributed by atoms with Crippen molar-refractivity contribution in [1.82, 2.24) is 21.5 Å². The van der Waals surface area contributed by atoms with Crippen molar-refractivity contribution in [2.75, 3.05) is 41.5 Å². The zero-order chi connectivity index (χ0) is 31.9. The van der Waals surface area contributed by atoms with E-state index in [1.165, 1.54) is 53.0 Å². The molecular weight excluding hydrogens is 572 g/mol. The lowest BCUT2D eigenvalue weighted by atomic mass is 10.1. The highest BCUT2D eigenvalue weighted by Crippen LogP contribution is 2.28. The van der Waals surface area contributed by atoms with Gasteiger partial charge in [-0.1, -0.05) is 24.3 Å². The Kier molecular flexibility index (Phi) is 12.2. The summed E-state index contributed by atoms with van der Waals surface area (Å²) in [5, 5.41) is 12.8. The van der Waals surface area contributed by atoms with Gasteiger partial charge in [0, 0.05) is 22.3 Å². The van der Waals surface area contributed by atoms with Crippen molar-refractivity contribution in [1.29, 1.82) is 0 Å². The van der Waals surface area contributed by atoms with Gasteiger partial charge in [0.15, 0.2) is 23.0 Å². The van der Waals surface area contributed by atoms with Gasteiger partial charge in [-0.2, -0.15) is 10.2 Å². The van der Waals surface area contributed by atoms with Crippen LogP contribution in [-0.2, 0) is 9.59 Å². The average Bonchev–Trinajstić information content (AvgIpc) is 3.05. The fourth-order valence-corrected chi connectivity index (χ4v) is 3.65. The zero-order valence-electron chi connectivity index (χ0n) is 24.5. The SMILES string of the molecule is COc1ccc(C(=O)NCC(=O)N/N=C\c2ccccc2/C=N/NC(=O)CNC(=O)c2ccc(OC)c(OC)c2)cc1OC. The van der Waals surface area contributed by atoms with E-state index in [4.69, 9.17) is 18.9 Å². The first-order chi connectivity index (χ1) is 21.3. The molecule has 0 radical (unpaired) electrons. The molecule has 0 fully saturated rings. The van der Waals surface area contributed by atoms with Crippen LogP contribution in [-0.4, -0.2) is 77.6 Å². The molecule has 0 saturated heterocycles. The van der Waals surface area contributed by atoms with Crippen molar-refractivity contribution in [3.05, 3.63) is 82.9 Å². The van der Waals surface area contributed by atoms with E-state index in [0.29, 0.717) is 45.3 Å². The molecular formula is C30H32N6O8. The Hall–Kier alpha value is -5.92. The topological polar surface area (TPSA) is 178 Å². The summed E-state index contributed by atoms with van der Waals surface area (Å²) in [5.41, 5.74) is 6.43. The van der Waals surface area contributed by atoms with Crippen molar-refractivity contribution < 1.29 is 38.1 Å². The molecule has 3 aromatic rings. The van der Waals surface area contributed by atoms with Gasteiger partial charge in [-0.15, -0.1) is 0 Å². The summed E-state index contributed by atoms with van der Waals surface area (Å²) < 4.78 is 20.7. The predicted octanol–water partition coefficient (Wildman–Crippen LogP) is 1.48. The van der Waals surface area contributed by atoms with Crippen LogP contribution >= 0.6 is 0 Å². The van der Waals surface area contributed by atoms with Crippen LogP contribution in [0.25, 0.3) is 0 Å². The van der Waals surface area contributed by atoms with Crippen LogP contribution in [0, 0.1) is 0 Å². The van der Waals surface area contributed by atoms with Crippen LogP contribution in [0.4, 0.5) is 0 Å². The predicted molar refractivity (Wildman–Crippen MR) is 162 cm³/mol. The Morgan fingerprint density at radius 2 is 0.977 bits per heavy atom. The maximum atomic E-state index is 12.4. The van der Waals surface area contributed by atoms with E-state index >= 15 is 0 Å². The fraction of sp³-hybridized carbons (Fsp3) is 0.200. The minimum Gasteiger partial charge on any atom is -0.493 e. The van der Waals surface area contributed by atoms with E-state index in [2.05, 4.69) is 31.7 Å². The number of ether oxygens (including phenoxy) is 4. The number of methoxy groups -OCH3 is 4. The first-order valence-corrected chi connectivity index (χ1v) is 13.0. The molecule has 4 amide bonds. The van der Waals surface area contributed by atoms with Crippen molar-refractivity contribution in [3.63, 3.8) is 0 Å². The van der Waals surface area contributed by atoms with Crippen LogP contribution in [0.15, 0.2) is 70.9 Å². The third kappa shape index (κ3) is 9.30. The second kappa shape index (κ2) is 16.5. The van der Waals surface area contributed by atoms with Crippen LogP contribution in [0.1, 0.15) is 31.8 Å². The molecule has 0 aliphatic carbocycles.